The van der Waals surface area contributed by atoms with Gasteiger partial charge in [-0.3, -0.25) is 0 Å². The smallest absolute Gasteiger partial charge is 0.0439 e. The molecule has 1 heterocycles. The zero-order chi connectivity index (χ0) is 12.6. The van der Waals surface area contributed by atoms with Crippen LogP contribution >= 0.6 is 0 Å². The summed E-state index contributed by atoms with van der Waals surface area (Å²) in [7, 11) is 0. The summed E-state index contributed by atoms with van der Waals surface area (Å²) >= 11 is 0. The van der Waals surface area contributed by atoms with Gasteiger partial charge in [0.25, 0.3) is 0 Å². The minimum Gasteiger partial charge on any atom is -0.371 e. The van der Waals surface area contributed by atoms with Crippen molar-refractivity contribution in [3.8, 4) is 0 Å². The lowest BCUT2D eigenvalue weighted by Gasteiger charge is -2.30. The van der Waals surface area contributed by atoms with E-state index in [1.807, 2.05) is 0 Å². The van der Waals surface area contributed by atoms with Gasteiger partial charge in [-0.25, -0.2) is 0 Å². The van der Waals surface area contributed by atoms with Crippen LogP contribution in [0.25, 0.3) is 6.08 Å². The van der Waals surface area contributed by atoms with Crippen molar-refractivity contribution in [3.05, 3.63) is 35.9 Å². The summed E-state index contributed by atoms with van der Waals surface area (Å²) in [6.07, 6.45) is 10.7. The van der Waals surface area contributed by atoms with Gasteiger partial charge >= 0.3 is 0 Å². The summed E-state index contributed by atoms with van der Waals surface area (Å²) in [5.41, 5.74) is 8.25. The van der Waals surface area contributed by atoms with Crippen LogP contribution in [0.1, 0.15) is 37.7 Å². The number of unbranched alkanes of at least 4 members (excludes halogenated alkanes) is 1. The molecule has 1 aromatic rings. The number of rotatable bonds is 5. The monoisotopic (exact) mass is 244 g/mol. The third-order valence-electron chi connectivity index (χ3n) is 3.51. The second-order valence-electron chi connectivity index (χ2n) is 4.94. The van der Waals surface area contributed by atoms with E-state index in [-0.39, 0.29) is 0 Å². The molecule has 1 aliphatic heterocycles. The number of hydrogen-bond donors (Lipinski definition) is 1. The van der Waals surface area contributed by atoms with E-state index in [2.05, 4.69) is 41.3 Å². The minimum atomic E-state index is 0.776. The Morgan fingerprint density at radius 2 is 1.89 bits per heavy atom. The number of benzene rings is 1. The van der Waals surface area contributed by atoms with Crippen LogP contribution in [0.5, 0.6) is 0 Å². The Morgan fingerprint density at radius 1 is 1.11 bits per heavy atom. The molecule has 0 bridgehead atoms. The number of hydrogen-bond acceptors (Lipinski definition) is 2. The van der Waals surface area contributed by atoms with Gasteiger partial charge in [-0.1, -0.05) is 30.4 Å². The topological polar surface area (TPSA) is 29.3 Å². The number of piperidine rings is 1. The molecule has 0 aliphatic carbocycles. The summed E-state index contributed by atoms with van der Waals surface area (Å²) in [4.78, 5) is 2.52. The van der Waals surface area contributed by atoms with Crippen molar-refractivity contribution in [2.45, 2.75) is 32.1 Å². The normalized spacial score (nSPS) is 16.4. The van der Waals surface area contributed by atoms with Crippen molar-refractivity contribution in [1.29, 1.82) is 0 Å². The van der Waals surface area contributed by atoms with Gasteiger partial charge in [0.2, 0.25) is 0 Å². The molecule has 0 amide bonds. The highest BCUT2D eigenvalue weighted by Gasteiger charge is 2.12. The van der Waals surface area contributed by atoms with Crippen LogP contribution in [0.2, 0.25) is 0 Å². The Hall–Kier alpha value is -1.28. The quantitative estimate of drug-likeness (QED) is 0.804. The molecule has 2 heteroatoms. The molecule has 1 fully saturated rings. The van der Waals surface area contributed by atoms with E-state index in [9.17, 15) is 0 Å². The zero-order valence-corrected chi connectivity index (χ0v) is 11.1. The van der Waals surface area contributed by atoms with E-state index in [1.165, 1.54) is 43.6 Å². The number of allylic oxidation sites excluding steroid dienone is 1. The molecule has 0 unspecified atom stereocenters. The molecular formula is C16H24N2. The molecule has 1 aliphatic rings. The van der Waals surface area contributed by atoms with Gasteiger partial charge in [0.1, 0.15) is 0 Å². The highest BCUT2D eigenvalue weighted by atomic mass is 15.1. The molecule has 1 saturated heterocycles. The van der Waals surface area contributed by atoms with Crippen LogP contribution in [0, 0.1) is 0 Å². The summed E-state index contributed by atoms with van der Waals surface area (Å²) < 4.78 is 0. The lowest BCUT2D eigenvalue weighted by molar-refractivity contribution is 0.577. The molecule has 1 aromatic carbocycles. The maximum Gasteiger partial charge on any atom is 0.0439 e. The molecule has 2 N–H and O–H groups in total. The van der Waals surface area contributed by atoms with Crippen LogP contribution in [0.4, 0.5) is 5.69 Å². The van der Waals surface area contributed by atoms with E-state index in [0.29, 0.717) is 0 Å². The Labute approximate surface area is 110 Å². The highest BCUT2D eigenvalue weighted by molar-refractivity contribution is 5.67. The Balaban J connectivity index is 2.06. The maximum absolute atomic E-state index is 5.51. The Bertz CT molecular complexity index is 378. The summed E-state index contributed by atoms with van der Waals surface area (Å²) in [6, 6.07) is 8.72. The lowest BCUT2D eigenvalue weighted by atomic mass is 10.1. The molecular weight excluding hydrogens is 220 g/mol. The van der Waals surface area contributed by atoms with Gasteiger partial charge in [-0.05, 0) is 50.3 Å². The first kappa shape index (κ1) is 13.2. The SMILES string of the molecule is NCCCC=Cc1ccccc1N1CCCCC1. The number of nitrogens with zero attached hydrogens (tertiary/aromatic N) is 1. The first-order chi connectivity index (χ1) is 8.92. The molecule has 0 aromatic heterocycles. The average molecular weight is 244 g/mol. The third-order valence-corrected chi connectivity index (χ3v) is 3.51. The summed E-state index contributed by atoms with van der Waals surface area (Å²) in [6.45, 7) is 3.18. The first-order valence-electron chi connectivity index (χ1n) is 7.12. The number of para-hydroxylation sites is 1. The van der Waals surface area contributed by atoms with Crippen molar-refractivity contribution in [2.24, 2.45) is 5.73 Å². The van der Waals surface area contributed by atoms with Crippen molar-refractivity contribution < 1.29 is 0 Å². The van der Waals surface area contributed by atoms with Gasteiger partial charge < -0.3 is 10.6 Å². The van der Waals surface area contributed by atoms with Gasteiger partial charge in [0, 0.05) is 18.8 Å². The molecule has 18 heavy (non-hydrogen) atoms. The summed E-state index contributed by atoms with van der Waals surface area (Å²) in [5.74, 6) is 0. The van der Waals surface area contributed by atoms with E-state index in [4.69, 9.17) is 5.73 Å². The van der Waals surface area contributed by atoms with E-state index in [1.54, 1.807) is 0 Å². The average Bonchev–Trinajstić information content (AvgIpc) is 2.45. The fraction of sp³-hybridized carbons (Fsp3) is 0.500. The second-order valence-corrected chi connectivity index (χ2v) is 4.94. The minimum absolute atomic E-state index is 0.776. The number of nitrogens with two attached hydrogens (primary N) is 1. The van der Waals surface area contributed by atoms with Gasteiger partial charge in [0.05, 0.1) is 0 Å². The fourth-order valence-electron chi connectivity index (χ4n) is 2.50. The molecule has 0 spiro atoms. The van der Waals surface area contributed by atoms with Crippen LogP contribution in [0.15, 0.2) is 30.3 Å². The molecule has 98 valence electrons. The van der Waals surface area contributed by atoms with Crippen LogP contribution < -0.4 is 10.6 Å². The molecule has 0 radical (unpaired) electrons. The van der Waals surface area contributed by atoms with Crippen molar-refractivity contribution in [3.63, 3.8) is 0 Å². The van der Waals surface area contributed by atoms with Crippen molar-refractivity contribution in [1.82, 2.24) is 0 Å². The van der Waals surface area contributed by atoms with Crippen molar-refractivity contribution in [2.75, 3.05) is 24.5 Å². The maximum atomic E-state index is 5.51. The molecule has 2 rings (SSSR count). The van der Waals surface area contributed by atoms with Gasteiger partial charge in [-0.2, -0.15) is 0 Å². The molecule has 0 atom stereocenters. The first-order valence-corrected chi connectivity index (χ1v) is 7.12. The Morgan fingerprint density at radius 3 is 2.67 bits per heavy atom. The van der Waals surface area contributed by atoms with Gasteiger partial charge in [0.15, 0.2) is 0 Å². The highest BCUT2D eigenvalue weighted by Crippen LogP contribution is 2.25. The standard InChI is InChI=1S/C16H24N2/c17-12-6-1-3-9-15-10-4-5-11-16(15)18-13-7-2-8-14-18/h3-5,9-11H,1-2,6-8,12-14,17H2. The second kappa shape index (κ2) is 7.22. The third kappa shape index (κ3) is 3.61. The van der Waals surface area contributed by atoms with E-state index in [0.717, 1.165) is 19.4 Å². The fourth-order valence-corrected chi connectivity index (χ4v) is 2.50. The largest absolute Gasteiger partial charge is 0.371 e. The predicted octanol–water partition coefficient (Wildman–Crippen LogP) is 3.43. The van der Waals surface area contributed by atoms with Crippen LogP contribution in [-0.2, 0) is 0 Å². The lowest BCUT2D eigenvalue weighted by Crippen LogP contribution is -2.29. The molecule has 2 nitrogen and oxygen atoms in total. The molecule has 0 saturated carbocycles. The number of anilines is 1. The van der Waals surface area contributed by atoms with E-state index >= 15 is 0 Å². The van der Waals surface area contributed by atoms with Gasteiger partial charge in [-0.15, -0.1) is 0 Å². The predicted molar refractivity (Wildman–Crippen MR) is 79.8 cm³/mol. The Kier molecular flexibility index (Phi) is 5.28. The summed E-state index contributed by atoms with van der Waals surface area (Å²) in [5, 5.41) is 0. The van der Waals surface area contributed by atoms with Crippen LogP contribution in [-0.4, -0.2) is 19.6 Å². The van der Waals surface area contributed by atoms with Crippen LogP contribution in [0.3, 0.4) is 0 Å². The van der Waals surface area contributed by atoms with Crippen molar-refractivity contribution >= 4 is 11.8 Å². The zero-order valence-electron chi connectivity index (χ0n) is 11.1. The van der Waals surface area contributed by atoms with E-state index < -0.39 is 0 Å².